The highest BCUT2D eigenvalue weighted by atomic mass is 127. The highest BCUT2D eigenvalue weighted by molar-refractivity contribution is 14.1. The smallest absolute Gasteiger partial charge is 0.271 e. The molecule has 0 aromatic carbocycles. The second-order valence-corrected chi connectivity index (χ2v) is 4.75. The summed E-state index contributed by atoms with van der Waals surface area (Å²) < 4.78 is 28.5. The SMILES string of the molecule is CC(F)(F)c1cc(Cl)c2ncc(I)n2c1. The molecule has 2 rings (SSSR count). The van der Waals surface area contributed by atoms with Crippen molar-refractivity contribution in [1.82, 2.24) is 9.38 Å². The largest absolute Gasteiger partial charge is 0.293 e. The van der Waals surface area contributed by atoms with Gasteiger partial charge in [-0.15, -0.1) is 0 Å². The van der Waals surface area contributed by atoms with E-state index in [1.165, 1.54) is 12.3 Å². The van der Waals surface area contributed by atoms with Gasteiger partial charge in [-0.2, -0.15) is 0 Å². The second-order valence-electron chi connectivity index (χ2n) is 3.24. The molecule has 0 unspecified atom stereocenters. The molecular weight excluding hydrogens is 336 g/mol. The first kappa shape index (κ1) is 11.1. The molecule has 2 nitrogen and oxygen atoms in total. The summed E-state index contributed by atoms with van der Waals surface area (Å²) in [6.45, 7) is 0.842. The summed E-state index contributed by atoms with van der Waals surface area (Å²) in [5.74, 6) is -2.90. The van der Waals surface area contributed by atoms with E-state index in [0.717, 1.165) is 10.6 Å². The van der Waals surface area contributed by atoms with Gasteiger partial charge in [0.25, 0.3) is 5.92 Å². The number of aromatic nitrogens is 2. The van der Waals surface area contributed by atoms with E-state index in [0.29, 0.717) is 5.65 Å². The summed E-state index contributed by atoms with van der Waals surface area (Å²) >= 11 is 7.87. The first-order valence-electron chi connectivity index (χ1n) is 4.10. The lowest BCUT2D eigenvalue weighted by atomic mass is 10.2. The third-order valence-corrected chi connectivity index (χ3v) is 3.10. The lowest BCUT2D eigenvalue weighted by Gasteiger charge is -2.11. The first-order chi connectivity index (χ1) is 6.89. The Morgan fingerprint density at radius 1 is 1.53 bits per heavy atom. The first-order valence-corrected chi connectivity index (χ1v) is 5.55. The van der Waals surface area contributed by atoms with Crippen LogP contribution in [0.4, 0.5) is 8.78 Å². The molecule has 6 heteroatoms. The zero-order valence-electron chi connectivity index (χ0n) is 7.64. The van der Waals surface area contributed by atoms with Crippen molar-refractivity contribution in [3.63, 3.8) is 0 Å². The molecule has 2 aromatic heterocycles. The number of rotatable bonds is 1. The number of fused-ring (bicyclic) bond motifs is 1. The lowest BCUT2D eigenvalue weighted by molar-refractivity contribution is 0.0170. The van der Waals surface area contributed by atoms with Gasteiger partial charge in [0.2, 0.25) is 0 Å². The Hall–Kier alpha value is -0.430. The van der Waals surface area contributed by atoms with Gasteiger partial charge < -0.3 is 0 Å². The Bertz CT molecular complexity index is 519. The Kier molecular flexibility index (Phi) is 2.62. The third-order valence-electron chi connectivity index (χ3n) is 2.02. The van der Waals surface area contributed by atoms with Crippen LogP contribution in [0.2, 0.25) is 5.02 Å². The van der Waals surface area contributed by atoms with Crippen molar-refractivity contribution in [2.24, 2.45) is 0 Å². The van der Waals surface area contributed by atoms with Crippen LogP contribution in [0.5, 0.6) is 0 Å². The number of alkyl halides is 2. The van der Waals surface area contributed by atoms with Crippen LogP contribution >= 0.6 is 34.2 Å². The average molecular weight is 343 g/mol. The molecule has 0 N–H and O–H groups in total. The molecule has 0 saturated heterocycles. The minimum atomic E-state index is -2.90. The fourth-order valence-corrected chi connectivity index (χ4v) is 2.02. The standard InChI is InChI=1S/C9H6ClF2IN2/c1-9(11,12)5-2-6(10)8-14-3-7(13)15(8)4-5/h2-4H,1H3. The van der Waals surface area contributed by atoms with Crippen molar-refractivity contribution in [3.8, 4) is 0 Å². The van der Waals surface area contributed by atoms with E-state index in [1.54, 1.807) is 10.6 Å². The average Bonchev–Trinajstić information content (AvgIpc) is 2.47. The van der Waals surface area contributed by atoms with Crippen LogP contribution in [0.15, 0.2) is 18.5 Å². The van der Waals surface area contributed by atoms with Gasteiger partial charge in [0, 0.05) is 18.7 Å². The molecule has 0 saturated carbocycles. The van der Waals surface area contributed by atoms with E-state index in [2.05, 4.69) is 4.98 Å². The number of imidazole rings is 1. The van der Waals surface area contributed by atoms with Crippen LogP contribution in [0, 0.1) is 3.70 Å². The summed E-state index contributed by atoms with van der Waals surface area (Å²) in [6.07, 6.45) is 2.94. The van der Waals surface area contributed by atoms with E-state index in [9.17, 15) is 8.78 Å². The van der Waals surface area contributed by atoms with E-state index >= 15 is 0 Å². The monoisotopic (exact) mass is 342 g/mol. The molecule has 0 atom stereocenters. The summed E-state index contributed by atoms with van der Waals surface area (Å²) in [5, 5.41) is 0.233. The fraction of sp³-hybridized carbons (Fsp3) is 0.222. The number of hydrogen-bond donors (Lipinski definition) is 0. The van der Waals surface area contributed by atoms with E-state index in [4.69, 9.17) is 11.6 Å². The van der Waals surface area contributed by atoms with Gasteiger partial charge in [-0.05, 0) is 28.7 Å². The van der Waals surface area contributed by atoms with Crippen molar-refractivity contribution in [1.29, 1.82) is 0 Å². The maximum atomic E-state index is 13.1. The van der Waals surface area contributed by atoms with Crippen LogP contribution in [-0.2, 0) is 5.92 Å². The second kappa shape index (κ2) is 3.55. The zero-order chi connectivity index (χ0) is 11.2. The number of nitrogens with zero attached hydrogens (tertiary/aromatic N) is 2. The topological polar surface area (TPSA) is 17.3 Å². The Labute approximate surface area is 103 Å². The minimum Gasteiger partial charge on any atom is -0.293 e. The van der Waals surface area contributed by atoms with Crippen LogP contribution in [0.3, 0.4) is 0 Å². The molecular formula is C9H6ClF2IN2. The van der Waals surface area contributed by atoms with Crippen LogP contribution in [0.25, 0.3) is 5.65 Å². The van der Waals surface area contributed by atoms with Crippen molar-refractivity contribution < 1.29 is 8.78 Å². The van der Waals surface area contributed by atoms with Gasteiger partial charge in [0.1, 0.15) is 3.70 Å². The fourth-order valence-electron chi connectivity index (χ4n) is 1.26. The molecule has 0 amide bonds. The van der Waals surface area contributed by atoms with E-state index < -0.39 is 5.92 Å². The van der Waals surface area contributed by atoms with Crippen LogP contribution in [0.1, 0.15) is 12.5 Å². The molecule has 80 valence electrons. The number of halogens is 4. The summed E-state index contributed by atoms with van der Waals surface area (Å²) in [4.78, 5) is 4.02. The van der Waals surface area contributed by atoms with Gasteiger partial charge in [-0.1, -0.05) is 11.6 Å². The van der Waals surface area contributed by atoms with E-state index in [-0.39, 0.29) is 10.6 Å². The molecule has 0 aliphatic carbocycles. The zero-order valence-corrected chi connectivity index (χ0v) is 10.6. The molecule has 0 bridgehead atoms. The van der Waals surface area contributed by atoms with E-state index in [1.807, 2.05) is 22.6 Å². The lowest BCUT2D eigenvalue weighted by Crippen LogP contribution is -2.08. The quantitative estimate of drug-likeness (QED) is 0.722. The van der Waals surface area contributed by atoms with Crippen molar-refractivity contribution in [2.75, 3.05) is 0 Å². The van der Waals surface area contributed by atoms with Crippen LogP contribution < -0.4 is 0 Å². The minimum absolute atomic E-state index is 0.115. The Morgan fingerprint density at radius 2 is 2.20 bits per heavy atom. The van der Waals surface area contributed by atoms with Crippen molar-refractivity contribution in [2.45, 2.75) is 12.8 Å². The van der Waals surface area contributed by atoms with Crippen molar-refractivity contribution in [3.05, 3.63) is 32.7 Å². The predicted molar refractivity (Wildman–Crippen MR) is 62.5 cm³/mol. The van der Waals surface area contributed by atoms with Gasteiger partial charge in [0.15, 0.2) is 5.65 Å². The summed E-state index contributed by atoms with van der Waals surface area (Å²) in [7, 11) is 0. The molecule has 0 aliphatic rings. The molecule has 2 aromatic rings. The molecule has 0 aliphatic heterocycles. The number of pyridine rings is 1. The summed E-state index contributed by atoms with van der Waals surface area (Å²) in [6, 6.07) is 1.25. The predicted octanol–water partition coefficient (Wildman–Crippen LogP) is 3.70. The molecule has 0 fully saturated rings. The molecule has 2 heterocycles. The Morgan fingerprint density at radius 3 is 2.80 bits per heavy atom. The van der Waals surface area contributed by atoms with Crippen LogP contribution in [-0.4, -0.2) is 9.38 Å². The molecule has 0 radical (unpaired) electrons. The van der Waals surface area contributed by atoms with Gasteiger partial charge in [-0.25, -0.2) is 13.8 Å². The third kappa shape index (κ3) is 1.94. The molecule has 15 heavy (non-hydrogen) atoms. The van der Waals surface area contributed by atoms with Gasteiger partial charge in [-0.3, -0.25) is 4.40 Å². The van der Waals surface area contributed by atoms with Gasteiger partial charge in [0.05, 0.1) is 11.2 Å². The summed E-state index contributed by atoms with van der Waals surface area (Å²) in [5.41, 5.74) is 0.380. The number of hydrogen-bond acceptors (Lipinski definition) is 1. The maximum absolute atomic E-state index is 13.1. The van der Waals surface area contributed by atoms with Gasteiger partial charge >= 0.3 is 0 Å². The molecule has 0 spiro atoms. The maximum Gasteiger partial charge on any atom is 0.271 e. The highest BCUT2D eigenvalue weighted by Gasteiger charge is 2.26. The normalized spacial score (nSPS) is 12.3. The Balaban J connectivity index is 2.76. The highest BCUT2D eigenvalue weighted by Crippen LogP contribution is 2.30. The van der Waals surface area contributed by atoms with Crippen molar-refractivity contribution >= 4 is 39.8 Å².